The van der Waals surface area contributed by atoms with Gasteiger partial charge in [0, 0.05) is 0 Å². The van der Waals surface area contributed by atoms with Gasteiger partial charge in [-0.05, 0) is 0 Å². The summed E-state index contributed by atoms with van der Waals surface area (Å²) < 4.78 is 5.17. The van der Waals surface area contributed by atoms with Crippen molar-refractivity contribution < 1.29 is 34.1 Å². The molecule has 1 aliphatic heterocycles. The molecule has 0 spiro atoms. The molecule has 1 heterocycles. The molecule has 3 unspecified atom stereocenters. The van der Waals surface area contributed by atoms with E-state index < -0.39 is 0 Å². The monoisotopic (exact) mass is 565 g/mol. The zero-order chi connectivity index (χ0) is 15.6. The molecule has 0 aliphatic carbocycles. The van der Waals surface area contributed by atoms with Crippen molar-refractivity contribution in [2.24, 2.45) is 5.73 Å². The van der Waals surface area contributed by atoms with Crippen LogP contribution in [0.25, 0.3) is 0 Å². The first-order valence-corrected chi connectivity index (χ1v) is 14.5. The minimum Gasteiger partial charge on any atom is -0.147 e. The largest absolute Gasteiger partial charge is 0.147 e. The van der Waals surface area contributed by atoms with Crippen LogP contribution in [0.1, 0.15) is 12.5 Å². The van der Waals surface area contributed by atoms with E-state index in [2.05, 4.69) is 6.58 Å². The van der Waals surface area contributed by atoms with Gasteiger partial charge < -0.3 is 0 Å². The fraction of sp³-hybridized carbons (Fsp3) is 0.400. The molecule has 0 radical (unpaired) electrons. The van der Waals surface area contributed by atoms with Gasteiger partial charge in [0.05, 0.1) is 0 Å². The number of carbonyl (C=O) groups is 1. The van der Waals surface area contributed by atoms with Crippen molar-refractivity contribution in [3.63, 3.8) is 0 Å². The molecule has 1 aliphatic rings. The van der Waals surface area contributed by atoms with E-state index >= 15 is 0 Å². The summed E-state index contributed by atoms with van der Waals surface area (Å²) in [7, 11) is 3.46. The summed E-state index contributed by atoms with van der Waals surface area (Å²) in [6.45, 7) is 6.04. The van der Waals surface area contributed by atoms with Crippen LogP contribution in [0.5, 0.6) is 5.75 Å². The molecule has 2 N–H and O–H groups in total. The molecule has 8 heteroatoms. The number of likely N-dealkylation sites (tertiary alicyclic amines) is 1. The topological polar surface area (TPSA) is 55.6 Å². The minimum absolute atomic E-state index is 0. The van der Waals surface area contributed by atoms with Crippen molar-refractivity contribution in [2.75, 3.05) is 7.11 Å². The number of nitrogens with zero attached hydrogens (tertiary/aromatic N) is 1. The smallest absolute Gasteiger partial charge is 0.147 e. The van der Waals surface area contributed by atoms with Crippen LogP contribution >= 0.6 is 33.1 Å². The number of carbonyl (C=O) groups excluding carboxylic acids is 1. The first-order valence-electron chi connectivity index (χ1n) is 6.76. The zero-order valence-corrected chi connectivity index (χ0v) is 21.2. The average molecular weight is 565 g/mol. The van der Waals surface area contributed by atoms with Crippen molar-refractivity contribution >= 4 is 39.0 Å². The third-order valence-corrected chi connectivity index (χ3v) is 8.63. The summed E-state index contributed by atoms with van der Waals surface area (Å²) in [5, 5.41) is 0.126. The maximum absolute atomic E-state index is 12.1. The molecule has 1 saturated heterocycles. The molecule has 4 nitrogen and oxygen atoms in total. The second kappa shape index (κ2) is 10.1. The standard InChI is InChI=1S/C15H20N2O2S.2ClH.Hg/c1-9(2)12(17-14(18)13(16)15(17)20)8-10-4-6-11(19-3)7-5-10;;;/h4-7,12-13,15,20H,1,8,16H2,2-3H3;2*1H;/q;;;+1/p-1. The summed E-state index contributed by atoms with van der Waals surface area (Å²) in [4.78, 5) is 14.0. The van der Waals surface area contributed by atoms with E-state index in [1.165, 1.54) is 5.56 Å². The summed E-state index contributed by atoms with van der Waals surface area (Å²) >= 11 is 0.554. The van der Waals surface area contributed by atoms with E-state index in [0.29, 0.717) is 24.6 Å². The second-order valence-electron chi connectivity index (χ2n) is 5.24. The van der Waals surface area contributed by atoms with Crippen LogP contribution < -0.4 is 10.5 Å². The molecular formula is C15H21Cl2HgN2O2S. The Morgan fingerprint density at radius 1 is 1.43 bits per heavy atom. The number of hydrogen-bond donors (Lipinski definition) is 1. The van der Waals surface area contributed by atoms with Gasteiger partial charge in [0.2, 0.25) is 0 Å². The average Bonchev–Trinajstić information content (AvgIpc) is 2.50. The van der Waals surface area contributed by atoms with Gasteiger partial charge in [0.1, 0.15) is 0 Å². The summed E-state index contributed by atoms with van der Waals surface area (Å²) in [5.41, 5.74) is 8.07. The Kier molecular flexibility index (Phi) is 10.2. The first kappa shape index (κ1) is 23.1. The molecule has 0 saturated carbocycles. The molecule has 3 atom stereocenters. The molecule has 1 amide bonds. The van der Waals surface area contributed by atoms with E-state index in [-0.39, 0.29) is 48.2 Å². The number of benzene rings is 1. The number of rotatable bonds is 6. The predicted molar refractivity (Wildman–Crippen MR) is 96.0 cm³/mol. The molecule has 125 valence electrons. The van der Waals surface area contributed by atoms with Gasteiger partial charge >= 0.3 is 145 Å². The van der Waals surface area contributed by atoms with Gasteiger partial charge in [0.25, 0.3) is 0 Å². The van der Waals surface area contributed by atoms with E-state index in [1.54, 1.807) is 7.11 Å². The van der Waals surface area contributed by atoms with Crippen LogP contribution in [0, 0.1) is 0 Å². The van der Waals surface area contributed by atoms with E-state index in [0.717, 1.165) is 17.7 Å². The molecule has 0 bridgehead atoms. The number of ether oxygens (including phenoxy) is 1. The molecular weight excluding hydrogens is 544 g/mol. The molecule has 1 aromatic rings. The number of amides is 1. The normalized spacial score (nSPS) is 20.7. The van der Waals surface area contributed by atoms with Crippen LogP contribution in [-0.2, 0) is 35.8 Å². The molecule has 2 rings (SSSR count). The van der Waals surface area contributed by atoms with E-state index in [1.807, 2.05) is 44.3 Å². The maximum atomic E-state index is 12.1. The number of hydrogen-bond acceptors (Lipinski definition) is 4. The Labute approximate surface area is 168 Å². The summed E-state index contributed by atoms with van der Waals surface area (Å²) in [5.74, 6) is 0.877. The van der Waals surface area contributed by atoms with Gasteiger partial charge in [-0.3, -0.25) is 0 Å². The van der Waals surface area contributed by atoms with Crippen molar-refractivity contribution in [3.05, 3.63) is 42.0 Å². The Morgan fingerprint density at radius 2 is 2.00 bits per heavy atom. The molecule has 0 aromatic heterocycles. The molecule has 1 fully saturated rings. The Hall–Kier alpha value is 0.0551. The summed E-state index contributed by atoms with van der Waals surface area (Å²) in [6.07, 6.45) is 0.766. The van der Waals surface area contributed by atoms with Gasteiger partial charge in [-0.25, -0.2) is 0 Å². The Bertz CT molecular complexity index is 545. The van der Waals surface area contributed by atoms with Gasteiger partial charge in [-0.15, -0.1) is 24.8 Å². The van der Waals surface area contributed by atoms with Crippen LogP contribution in [0.3, 0.4) is 0 Å². The predicted octanol–water partition coefficient (Wildman–Crippen LogP) is 2.72. The Morgan fingerprint density at radius 3 is 2.43 bits per heavy atom. The van der Waals surface area contributed by atoms with Crippen molar-refractivity contribution in [3.8, 4) is 5.75 Å². The van der Waals surface area contributed by atoms with Crippen molar-refractivity contribution in [1.82, 2.24) is 4.90 Å². The Balaban J connectivity index is 0.00000242. The third-order valence-electron chi connectivity index (χ3n) is 3.78. The second-order valence-corrected chi connectivity index (χ2v) is 9.95. The van der Waals surface area contributed by atoms with Crippen LogP contribution in [0.15, 0.2) is 36.4 Å². The third kappa shape index (κ3) is 5.02. The summed E-state index contributed by atoms with van der Waals surface area (Å²) in [6, 6.07) is 7.63. The van der Waals surface area contributed by atoms with Gasteiger partial charge in [0.15, 0.2) is 0 Å². The minimum atomic E-state index is -0.342. The van der Waals surface area contributed by atoms with Crippen molar-refractivity contribution in [1.29, 1.82) is 0 Å². The van der Waals surface area contributed by atoms with E-state index in [9.17, 15) is 4.79 Å². The van der Waals surface area contributed by atoms with Crippen LogP contribution in [-0.4, -0.2) is 35.4 Å². The molecule has 1 aromatic carbocycles. The SMILES string of the molecule is C=C(C)C(Cc1ccc(OC)cc1)N1C(=O)C(N)C1[S][Hg].Cl.Cl. The number of methoxy groups -OCH3 is 1. The maximum Gasteiger partial charge on any atom is -0.147 e. The zero-order valence-electron chi connectivity index (χ0n) is 13.2. The fourth-order valence-corrected chi connectivity index (χ4v) is 7.55. The number of halogens is 2. The first-order chi connectivity index (χ1) is 9.99. The van der Waals surface area contributed by atoms with Crippen LogP contribution in [0.2, 0.25) is 0 Å². The number of β-lactam (4-membered cyclic amide) rings is 1. The van der Waals surface area contributed by atoms with Crippen molar-refractivity contribution in [2.45, 2.75) is 30.8 Å². The number of nitrogens with two attached hydrogens (primary N) is 1. The quantitative estimate of drug-likeness (QED) is 0.328. The fourth-order valence-electron chi connectivity index (χ4n) is 2.52. The molecule has 23 heavy (non-hydrogen) atoms. The van der Waals surface area contributed by atoms with Crippen LogP contribution in [0.4, 0.5) is 0 Å². The van der Waals surface area contributed by atoms with Gasteiger partial charge in [-0.2, -0.15) is 0 Å². The van der Waals surface area contributed by atoms with Gasteiger partial charge in [-0.1, -0.05) is 0 Å². The van der Waals surface area contributed by atoms with E-state index in [4.69, 9.17) is 10.5 Å².